The molecule has 0 radical (unpaired) electrons. The van der Waals surface area contributed by atoms with E-state index in [4.69, 9.17) is 5.11 Å². The van der Waals surface area contributed by atoms with Crippen LogP contribution in [0, 0.1) is 17.2 Å². The Morgan fingerprint density at radius 1 is 1.36 bits per heavy atom. The first-order valence-electron chi connectivity index (χ1n) is 7.36. The Hall–Kier alpha value is -1.43. The lowest BCUT2D eigenvalue weighted by atomic mass is 9.90. The normalized spacial score (nSPS) is 22.6. The number of hydrogen-bond acceptors (Lipinski definition) is 2. The van der Waals surface area contributed by atoms with E-state index in [-0.39, 0.29) is 29.5 Å². The smallest absolute Gasteiger partial charge is 0.307 e. The third-order valence-corrected chi connectivity index (χ3v) is 5.58. The molecule has 1 unspecified atom stereocenters. The highest BCUT2D eigenvalue weighted by molar-refractivity contribution is 9.10. The number of carboxylic acid groups (broad SMARTS) is 1. The molecule has 118 valence electrons. The maximum atomic E-state index is 13.5. The van der Waals surface area contributed by atoms with Crippen LogP contribution >= 0.6 is 15.9 Å². The van der Waals surface area contributed by atoms with Crippen LogP contribution in [0.5, 0.6) is 0 Å². The molecule has 0 aromatic heterocycles. The van der Waals surface area contributed by atoms with Crippen molar-refractivity contribution in [1.82, 2.24) is 4.90 Å². The van der Waals surface area contributed by atoms with E-state index >= 15 is 0 Å². The van der Waals surface area contributed by atoms with Crippen molar-refractivity contribution in [2.45, 2.75) is 25.7 Å². The van der Waals surface area contributed by atoms with Gasteiger partial charge in [0.1, 0.15) is 5.82 Å². The van der Waals surface area contributed by atoms with Gasteiger partial charge in [0, 0.05) is 13.1 Å². The standard InChI is InChI=1S/C16H17BrFNO3/c17-12-2-1-10(7-13(12)18)8-14(20)19-5-3-16(4-6-19)9-11(16)15(21)22/h1-2,7,11H,3-6,8-9H2,(H,21,22). The molecule has 1 amide bonds. The molecule has 0 bridgehead atoms. The Balaban J connectivity index is 1.56. The van der Waals surface area contributed by atoms with Gasteiger partial charge in [0.25, 0.3) is 0 Å². The van der Waals surface area contributed by atoms with E-state index < -0.39 is 5.97 Å². The maximum absolute atomic E-state index is 13.5. The quantitative estimate of drug-likeness (QED) is 0.890. The lowest BCUT2D eigenvalue weighted by Crippen LogP contribution is -2.40. The number of likely N-dealkylation sites (tertiary alicyclic amines) is 1. The number of hydrogen-bond donors (Lipinski definition) is 1. The molecule has 1 N–H and O–H groups in total. The first-order chi connectivity index (χ1) is 10.4. The molecular weight excluding hydrogens is 353 g/mol. The van der Waals surface area contributed by atoms with Gasteiger partial charge in [-0.1, -0.05) is 6.07 Å². The number of nitrogens with zero attached hydrogens (tertiary/aromatic N) is 1. The van der Waals surface area contributed by atoms with Crippen LogP contribution in [0.1, 0.15) is 24.8 Å². The highest BCUT2D eigenvalue weighted by atomic mass is 79.9. The van der Waals surface area contributed by atoms with Crippen molar-refractivity contribution in [1.29, 1.82) is 0 Å². The monoisotopic (exact) mass is 369 g/mol. The summed E-state index contributed by atoms with van der Waals surface area (Å²) in [5.74, 6) is -1.34. The lowest BCUT2D eigenvalue weighted by molar-refractivity contribution is -0.139. The molecule has 1 aromatic carbocycles. The average molecular weight is 370 g/mol. The van der Waals surface area contributed by atoms with Gasteiger partial charge in [-0.2, -0.15) is 0 Å². The van der Waals surface area contributed by atoms with Crippen molar-refractivity contribution in [3.8, 4) is 0 Å². The molecule has 1 spiro atoms. The summed E-state index contributed by atoms with van der Waals surface area (Å²) in [7, 11) is 0. The fraction of sp³-hybridized carbons (Fsp3) is 0.500. The molecule has 1 atom stereocenters. The Labute approximate surface area is 136 Å². The minimum atomic E-state index is -0.717. The highest BCUT2D eigenvalue weighted by Gasteiger charge is 2.59. The minimum absolute atomic E-state index is 0.0240. The zero-order valence-electron chi connectivity index (χ0n) is 12.0. The second-order valence-corrected chi connectivity index (χ2v) is 7.12. The van der Waals surface area contributed by atoms with Gasteiger partial charge in [-0.25, -0.2) is 4.39 Å². The number of benzene rings is 1. The van der Waals surface area contributed by atoms with E-state index in [0.717, 1.165) is 19.3 Å². The molecule has 2 aliphatic rings. The molecule has 1 aliphatic heterocycles. The van der Waals surface area contributed by atoms with Crippen LogP contribution in [-0.2, 0) is 16.0 Å². The second kappa shape index (κ2) is 5.65. The van der Waals surface area contributed by atoms with Crippen molar-refractivity contribution in [3.05, 3.63) is 34.1 Å². The molecule has 4 nitrogen and oxygen atoms in total. The van der Waals surface area contributed by atoms with Gasteiger partial charge in [0.05, 0.1) is 16.8 Å². The van der Waals surface area contributed by atoms with Gasteiger partial charge in [0.15, 0.2) is 0 Å². The maximum Gasteiger partial charge on any atom is 0.307 e. The van der Waals surface area contributed by atoms with Crippen molar-refractivity contribution in [3.63, 3.8) is 0 Å². The zero-order chi connectivity index (χ0) is 15.9. The fourth-order valence-electron chi connectivity index (χ4n) is 3.39. The third kappa shape index (κ3) is 2.89. The molecule has 1 saturated carbocycles. The van der Waals surface area contributed by atoms with Crippen LogP contribution in [-0.4, -0.2) is 35.0 Å². The van der Waals surface area contributed by atoms with Gasteiger partial charge in [0.2, 0.25) is 5.91 Å². The number of piperidine rings is 1. The van der Waals surface area contributed by atoms with E-state index in [1.807, 2.05) is 0 Å². The molecule has 6 heteroatoms. The predicted molar refractivity (Wildman–Crippen MR) is 81.8 cm³/mol. The van der Waals surface area contributed by atoms with Gasteiger partial charge in [-0.3, -0.25) is 9.59 Å². The van der Waals surface area contributed by atoms with E-state index in [1.165, 1.54) is 6.07 Å². The summed E-state index contributed by atoms with van der Waals surface area (Å²) in [6.07, 6.45) is 2.43. The van der Waals surface area contributed by atoms with Crippen LogP contribution in [0.15, 0.2) is 22.7 Å². The summed E-state index contributed by atoms with van der Waals surface area (Å²) in [5.41, 5.74) is 0.576. The molecule has 2 fully saturated rings. The molecule has 3 rings (SSSR count). The van der Waals surface area contributed by atoms with Crippen molar-refractivity contribution in [2.75, 3.05) is 13.1 Å². The molecule has 1 aromatic rings. The number of rotatable bonds is 3. The van der Waals surface area contributed by atoms with Crippen molar-refractivity contribution in [2.24, 2.45) is 11.3 Å². The van der Waals surface area contributed by atoms with Gasteiger partial charge in [-0.05, 0) is 58.3 Å². The van der Waals surface area contributed by atoms with E-state index in [1.54, 1.807) is 17.0 Å². The Bertz CT molecular complexity index is 626. The van der Waals surface area contributed by atoms with Crippen LogP contribution in [0.4, 0.5) is 4.39 Å². The third-order valence-electron chi connectivity index (χ3n) is 4.94. The van der Waals surface area contributed by atoms with Gasteiger partial charge in [-0.15, -0.1) is 0 Å². The summed E-state index contributed by atoms with van der Waals surface area (Å²) in [5, 5.41) is 9.07. The summed E-state index contributed by atoms with van der Waals surface area (Å²) in [6, 6.07) is 4.71. The number of halogens is 2. The fourth-order valence-corrected chi connectivity index (χ4v) is 3.63. The van der Waals surface area contributed by atoms with Crippen LogP contribution in [0.2, 0.25) is 0 Å². The summed E-state index contributed by atoms with van der Waals surface area (Å²) in [4.78, 5) is 25.1. The van der Waals surface area contributed by atoms with Crippen LogP contribution < -0.4 is 0 Å². The molecule has 22 heavy (non-hydrogen) atoms. The molecular formula is C16H17BrFNO3. The SMILES string of the molecule is O=C(O)C1CC12CCN(C(=O)Cc1ccc(Br)c(F)c1)CC2. The Kier molecular flexibility index (Phi) is 3.97. The Morgan fingerprint density at radius 2 is 2.05 bits per heavy atom. The lowest BCUT2D eigenvalue weighted by Gasteiger charge is -2.32. The van der Waals surface area contributed by atoms with Crippen LogP contribution in [0.25, 0.3) is 0 Å². The van der Waals surface area contributed by atoms with Crippen molar-refractivity contribution < 1.29 is 19.1 Å². The number of carbonyl (C=O) groups excluding carboxylic acids is 1. The number of amides is 1. The summed E-state index contributed by atoms with van der Waals surface area (Å²) >= 11 is 3.09. The number of carbonyl (C=O) groups is 2. The topological polar surface area (TPSA) is 57.6 Å². The average Bonchev–Trinajstić information content (AvgIpc) is 3.18. The molecule has 1 aliphatic carbocycles. The second-order valence-electron chi connectivity index (χ2n) is 6.26. The first kappa shape index (κ1) is 15.5. The first-order valence-corrected chi connectivity index (χ1v) is 8.15. The molecule has 1 saturated heterocycles. The van der Waals surface area contributed by atoms with Crippen LogP contribution in [0.3, 0.4) is 0 Å². The minimum Gasteiger partial charge on any atom is -0.481 e. The highest BCUT2D eigenvalue weighted by Crippen LogP contribution is 2.59. The summed E-state index contributed by atoms with van der Waals surface area (Å²) in [6.45, 7) is 1.20. The molecule has 1 heterocycles. The van der Waals surface area contributed by atoms with E-state index in [9.17, 15) is 14.0 Å². The van der Waals surface area contributed by atoms with E-state index in [2.05, 4.69) is 15.9 Å². The number of carboxylic acids is 1. The largest absolute Gasteiger partial charge is 0.481 e. The van der Waals surface area contributed by atoms with E-state index in [0.29, 0.717) is 23.1 Å². The predicted octanol–water partition coefficient (Wildman–Crippen LogP) is 2.84. The van der Waals surface area contributed by atoms with Gasteiger partial charge < -0.3 is 10.0 Å². The summed E-state index contributed by atoms with van der Waals surface area (Å²) < 4.78 is 13.9. The Morgan fingerprint density at radius 3 is 2.59 bits per heavy atom. The number of aliphatic carboxylic acids is 1. The van der Waals surface area contributed by atoms with Gasteiger partial charge >= 0.3 is 5.97 Å². The zero-order valence-corrected chi connectivity index (χ0v) is 13.6. The van der Waals surface area contributed by atoms with Crippen molar-refractivity contribution >= 4 is 27.8 Å².